The summed E-state index contributed by atoms with van der Waals surface area (Å²) in [6.45, 7) is 2.49. The van der Waals surface area contributed by atoms with Gasteiger partial charge in [-0.05, 0) is 19.8 Å². The largest absolute Gasteiger partial charge is 0.469 e. The SMILES string of the molecule is COC(=O)C[C@]1(C)O[C@H]2CCCO[C@@H]2C[C@H]1O. The fourth-order valence-corrected chi connectivity index (χ4v) is 2.58. The molecule has 0 radical (unpaired) electrons. The van der Waals surface area contributed by atoms with Crippen LogP contribution in [-0.4, -0.2) is 48.7 Å². The van der Waals surface area contributed by atoms with E-state index in [-0.39, 0.29) is 24.6 Å². The lowest BCUT2D eigenvalue weighted by atomic mass is 9.84. The van der Waals surface area contributed by atoms with E-state index in [0.717, 1.165) is 19.4 Å². The normalized spacial score (nSPS) is 41.7. The van der Waals surface area contributed by atoms with Crippen LogP contribution in [0.2, 0.25) is 0 Å². The van der Waals surface area contributed by atoms with Gasteiger partial charge >= 0.3 is 5.97 Å². The van der Waals surface area contributed by atoms with Gasteiger partial charge in [0.05, 0.1) is 31.8 Å². The van der Waals surface area contributed by atoms with Gasteiger partial charge in [-0.2, -0.15) is 0 Å². The Kier molecular flexibility index (Phi) is 3.70. The summed E-state index contributed by atoms with van der Waals surface area (Å²) in [4.78, 5) is 11.3. The second-order valence-corrected chi connectivity index (χ2v) is 5.02. The molecule has 5 heteroatoms. The Morgan fingerprint density at radius 1 is 1.53 bits per heavy atom. The van der Waals surface area contributed by atoms with Crippen molar-refractivity contribution in [3.63, 3.8) is 0 Å². The molecule has 0 spiro atoms. The highest BCUT2D eigenvalue weighted by Gasteiger charge is 2.47. The third kappa shape index (κ3) is 2.61. The Balaban J connectivity index is 2.04. The monoisotopic (exact) mass is 244 g/mol. The van der Waals surface area contributed by atoms with Crippen molar-refractivity contribution in [1.82, 2.24) is 0 Å². The van der Waals surface area contributed by atoms with E-state index in [0.29, 0.717) is 6.42 Å². The topological polar surface area (TPSA) is 65.0 Å². The van der Waals surface area contributed by atoms with Crippen LogP contribution in [0.25, 0.3) is 0 Å². The average Bonchev–Trinajstić information content (AvgIpc) is 2.30. The average molecular weight is 244 g/mol. The number of ether oxygens (including phenoxy) is 3. The molecule has 2 fully saturated rings. The fourth-order valence-electron chi connectivity index (χ4n) is 2.58. The van der Waals surface area contributed by atoms with E-state index in [9.17, 15) is 9.90 Å². The van der Waals surface area contributed by atoms with Gasteiger partial charge < -0.3 is 19.3 Å². The third-order valence-electron chi connectivity index (χ3n) is 3.68. The van der Waals surface area contributed by atoms with Gasteiger partial charge in [0, 0.05) is 13.0 Å². The molecule has 0 aromatic heterocycles. The maximum Gasteiger partial charge on any atom is 0.308 e. The number of carbonyl (C=O) groups excluding carboxylic acids is 1. The van der Waals surface area contributed by atoms with Crippen LogP contribution in [0.5, 0.6) is 0 Å². The van der Waals surface area contributed by atoms with Gasteiger partial charge in [-0.1, -0.05) is 0 Å². The summed E-state index contributed by atoms with van der Waals surface area (Å²) >= 11 is 0. The summed E-state index contributed by atoms with van der Waals surface area (Å²) in [5.41, 5.74) is -0.852. The van der Waals surface area contributed by atoms with Crippen LogP contribution in [-0.2, 0) is 19.0 Å². The molecule has 98 valence electrons. The zero-order valence-electron chi connectivity index (χ0n) is 10.3. The molecule has 2 saturated heterocycles. The van der Waals surface area contributed by atoms with E-state index in [4.69, 9.17) is 9.47 Å². The smallest absolute Gasteiger partial charge is 0.308 e. The molecule has 0 aromatic rings. The molecule has 2 aliphatic heterocycles. The molecule has 2 heterocycles. The van der Waals surface area contributed by atoms with Crippen molar-refractivity contribution in [1.29, 1.82) is 0 Å². The number of hydrogen-bond donors (Lipinski definition) is 1. The Morgan fingerprint density at radius 3 is 3.00 bits per heavy atom. The van der Waals surface area contributed by atoms with Gasteiger partial charge in [0.25, 0.3) is 0 Å². The van der Waals surface area contributed by atoms with Crippen molar-refractivity contribution in [3.8, 4) is 0 Å². The lowest BCUT2D eigenvalue weighted by Crippen LogP contribution is -2.57. The van der Waals surface area contributed by atoms with Crippen LogP contribution in [0.3, 0.4) is 0 Å². The van der Waals surface area contributed by atoms with Gasteiger partial charge in [-0.25, -0.2) is 0 Å². The lowest BCUT2D eigenvalue weighted by molar-refractivity contribution is -0.245. The number of methoxy groups -OCH3 is 1. The number of hydrogen-bond acceptors (Lipinski definition) is 5. The van der Waals surface area contributed by atoms with Crippen molar-refractivity contribution < 1.29 is 24.1 Å². The Bertz CT molecular complexity index is 293. The highest BCUT2D eigenvalue weighted by Crippen LogP contribution is 2.36. The van der Waals surface area contributed by atoms with E-state index >= 15 is 0 Å². The molecule has 2 rings (SSSR count). The molecule has 1 N–H and O–H groups in total. The summed E-state index contributed by atoms with van der Waals surface area (Å²) in [6, 6.07) is 0. The van der Waals surface area contributed by atoms with E-state index in [1.807, 2.05) is 0 Å². The van der Waals surface area contributed by atoms with E-state index < -0.39 is 11.7 Å². The molecule has 0 unspecified atom stereocenters. The number of rotatable bonds is 2. The van der Waals surface area contributed by atoms with Crippen LogP contribution in [0.1, 0.15) is 32.6 Å². The molecule has 17 heavy (non-hydrogen) atoms. The molecular weight excluding hydrogens is 224 g/mol. The van der Waals surface area contributed by atoms with Gasteiger partial charge in [0.1, 0.15) is 5.60 Å². The van der Waals surface area contributed by atoms with Crippen LogP contribution >= 0.6 is 0 Å². The molecular formula is C12H20O5. The molecule has 5 nitrogen and oxygen atoms in total. The van der Waals surface area contributed by atoms with Crippen molar-refractivity contribution in [3.05, 3.63) is 0 Å². The first kappa shape index (κ1) is 12.8. The van der Waals surface area contributed by atoms with Crippen molar-refractivity contribution >= 4 is 5.97 Å². The zero-order valence-corrected chi connectivity index (χ0v) is 10.3. The molecule has 0 aromatic carbocycles. The predicted molar refractivity (Wildman–Crippen MR) is 59.5 cm³/mol. The fraction of sp³-hybridized carbons (Fsp3) is 0.917. The van der Waals surface area contributed by atoms with Crippen molar-refractivity contribution in [2.45, 2.75) is 56.5 Å². The lowest BCUT2D eigenvalue weighted by Gasteiger charge is -2.47. The van der Waals surface area contributed by atoms with E-state index in [1.165, 1.54) is 7.11 Å². The summed E-state index contributed by atoms with van der Waals surface area (Å²) in [6.07, 6.45) is 1.75. The van der Waals surface area contributed by atoms with Crippen LogP contribution in [0.4, 0.5) is 0 Å². The zero-order chi connectivity index (χ0) is 12.5. The van der Waals surface area contributed by atoms with Gasteiger partial charge in [0.15, 0.2) is 0 Å². The van der Waals surface area contributed by atoms with Gasteiger partial charge in [0.2, 0.25) is 0 Å². The Labute approximate surface area is 101 Å². The predicted octanol–water partition coefficient (Wildman–Crippen LogP) is 0.637. The number of fused-ring (bicyclic) bond motifs is 1. The second kappa shape index (κ2) is 4.92. The molecule has 0 bridgehead atoms. The summed E-state index contributed by atoms with van der Waals surface area (Å²) in [5, 5.41) is 10.1. The van der Waals surface area contributed by atoms with E-state index in [2.05, 4.69) is 4.74 Å². The minimum atomic E-state index is -0.852. The Hall–Kier alpha value is -0.650. The molecule has 2 aliphatic rings. The Morgan fingerprint density at radius 2 is 2.29 bits per heavy atom. The number of aliphatic hydroxyl groups excluding tert-OH is 1. The number of aliphatic hydroxyl groups is 1. The number of carbonyl (C=O) groups is 1. The quantitative estimate of drug-likeness (QED) is 0.722. The second-order valence-electron chi connectivity index (χ2n) is 5.02. The first-order valence-electron chi connectivity index (χ1n) is 6.09. The third-order valence-corrected chi connectivity index (χ3v) is 3.68. The van der Waals surface area contributed by atoms with Crippen molar-refractivity contribution in [2.75, 3.05) is 13.7 Å². The van der Waals surface area contributed by atoms with Crippen LogP contribution in [0, 0.1) is 0 Å². The van der Waals surface area contributed by atoms with E-state index in [1.54, 1.807) is 6.92 Å². The molecule has 0 amide bonds. The maximum atomic E-state index is 11.3. The van der Waals surface area contributed by atoms with Gasteiger partial charge in [-0.15, -0.1) is 0 Å². The summed E-state index contributed by atoms with van der Waals surface area (Å²) < 4.78 is 16.1. The van der Waals surface area contributed by atoms with Crippen LogP contribution < -0.4 is 0 Å². The highest BCUT2D eigenvalue weighted by molar-refractivity contribution is 5.70. The number of esters is 1. The maximum absolute atomic E-state index is 11.3. The molecule has 4 atom stereocenters. The highest BCUT2D eigenvalue weighted by atomic mass is 16.6. The molecule has 0 saturated carbocycles. The van der Waals surface area contributed by atoms with Crippen LogP contribution in [0.15, 0.2) is 0 Å². The summed E-state index contributed by atoms with van der Waals surface area (Å²) in [5.74, 6) is -0.360. The minimum Gasteiger partial charge on any atom is -0.469 e. The summed E-state index contributed by atoms with van der Waals surface area (Å²) in [7, 11) is 1.34. The van der Waals surface area contributed by atoms with Crippen molar-refractivity contribution in [2.24, 2.45) is 0 Å². The standard InChI is InChI=1S/C12H20O5/c1-12(7-11(14)15-2)10(13)6-9-8(17-12)4-3-5-16-9/h8-10,13H,3-7H2,1-2H3/t8-,9+,10+,12-/m0/s1. The first-order chi connectivity index (χ1) is 8.05. The first-order valence-corrected chi connectivity index (χ1v) is 6.09. The van der Waals surface area contributed by atoms with Gasteiger partial charge in [-0.3, -0.25) is 4.79 Å². The minimum absolute atomic E-state index is 0.0122. The molecule has 0 aliphatic carbocycles.